The summed E-state index contributed by atoms with van der Waals surface area (Å²) < 4.78 is 0. The van der Waals surface area contributed by atoms with Crippen molar-refractivity contribution in [3.05, 3.63) is 0 Å². The minimum absolute atomic E-state index is 0.550. The Labute approximate surface area is 278 Å². The predicted octanol–water partition coefficient (Wildman–Crippen LogP) is 13.8. The molecule has 0 rings (SSSR count). The number of hydrogen-bond acceptors (Lipinski definition) is 3. The van der Waals surface area contributed by atoms with E-state index in [2.05, 4.69) is 13.8 Å². The molecule has 0 nitrogen and oxygen atoms in total. The average molecular weight is 794 g/mol. The van der Waals surface area contributed by atoms with Crippen molar-refractivity contribution < 1.29 is 0 Å². The fourth-order valence-electron chi connectivity index (χ4n) is 4.83. The van der Waals surface area contributed by atoms with Gasteiger partial charge in [-0.15, -0.1) is 66.5 Å². The maximum atomic E-state index is 6.64. The molecule has 0 saturated heterocycles. The third-order valence-electron chi connectivity index (χ3n) is 6.98. The van der Waals surface area contributed by atoms with Gasteiger partial charge in [0.1, 0.15) is 0 Å². The lowest BCUT2D eigenvalue weighted by atomic mass is 9.80. The zero-order valence-electron chi connectivity index (χ0n) is 22.1. The Bertz CT molecular complexity index is 654. The molecule has 0 aromatic rings. The predicted molar refractivity (Wildman–Crippen MR) is 196 cm³/mol. The standard InChI is InChI=1S/C22H43Cl6P3S3Si3/c1-3-5-7-8-9-11-21(13-16-36(25,26)30-33)19-22(14-17-37(27,28)31-34)18-20(10-6-4-2)12-15-35(23,24)29-32/h20-22H,3-19H2,1-2H3. The molecule has 3 atom stereocenters. The molecule has 0 N–H and O–H groups in total. The minimum Gasteiger partial charge on any atom is -0.133 e. The summed E-state index contributed by atoms with van der Waals surface area (Å²) in [6.45, 7) is 6.75. The van der Waals surface area contributed by atoms with Crippen molar-refractivity contribution >= 4 is 142 Å². The van der Waals surface area contributed by atoms with Crippen LogP contribution in [0.1, 0.15) is 104 Å². The molecule has 0 bridgehead atoms. The lowest BCUT2D eigenvalue weighted by molar-refractivity contribution is 0.264. The summed E-state index contributed by atoms with van der Waals surface area (Å²) in [7, 11) is 0. The molecule has 0 radical (unpaired) electrons. The summed E-state index contributed by atoms with van der Waals surface area (Å²) in [6, 6.07) is 2.58. The fraction of sp³-hybridized carbons (Fsp3) is 1.00. The highest BCUT2D eigenvalue weighted by atomic mass is 35.7. The van der Waals surface area contributed by atoms with E-state index in [1.54, 1.807) is 0 Å². The van der Waals surface area contributed by atoms with Crippen molar-refractivity contribution in [3.8, 4) is 0 Å². The lowest BCUT2D eigenvalue weighted by Crippen LogP contribution is -2.20. The van der Waals surface area contributed by atoms with Crippen LogP contribution in [0.25, 0.3) is 0 Å². The van der Waals surface area contributed by atoms with Crippen LogP contribution in [0, 0.1) is 17.8 Å². The zero-order chi connectivity index (χ0) is 28.4. The Hall–Kier alpha value is 3.95. The van der Waals surface area contributed by atoms with Gasteiger partial charge in [-0.2, -0.15) is 0 Å². The maximum Gasteiger partial charge on any atom is 0.312 e. The van der Waals surface area contributed by atoms with Crippen LogP contribution in [0.5, 0.6) is 0 Å². The van der Waals surface area contributed by atoms with Gasteiger partial charge in [0, 0.05) is 0 Å². The second kappa shape index (κ2) is 23.3. The highest BCUT2D eigenvalue weighted by molar-refractivity contribution is 8.22. The van der Waals surface area contributed by atoms with Crippen molar-refractivity contribution in [2.45, 2.75) is 122 Å². The second-order valence-corrected chi connectivity index (χ2v) is 47.9. The first-order valence-corrected chi connectivity index (χ1v) is 34.4. The van der Waals surface area contributed by atoms with E-state index in [0.717, 1.165) is 64.5 Å². The van der Waals surface area contributed by atoms with Crippen molar-refractivity contribution in [1.82, 2.24) is 0 Å². The van der Waals surface area contributed by atoms with E-state index in [1.807, 2.05) is 0 Å². The molecule has 0 spiro atoms. The Morgan fingerprint density at radius 1 is 0.486 bits per heavy atom. The topological polar surface area (TPSA) is 0 Å². The fourth-order valence-corrected chi connectivity index (χ4v) is 13.8. The molecular weight excluding hydrogens is 750 g/mol. The average Bonchev–Trinajstić information content (AvgIpc) is 2.86. The molecule has 0 aliphatic rings. The quantitative estimate of drug-likeness (QED) is 0.0391. The molecule has 0 saturated carbocycles. The smallest absolute Gasteiger partial charge is 0.133 e. The number of unbranched alkanes of at least 4 members (excludes halogenated alkanes) is 5. The number of hydrogen-bond donors (Lipinski definition) is 0. The van der Waals surface area contributed by atoms with Crippen LogP contribution in [0.15, 0.2) is 0 Å². The van der Waals surface area contributed by atoms with Gasteiger partial charge in [0.2, 0.25) is 0 Å². The lowest BCUT2D eigenvalue weighted by Gasteiger charge is -2.29. The molecule has 0 heterocycles. The molecular formula is C22H43Cl6P3S3Si3. The summed E-state index contributed by atoms with van der Waals surface area (Å²) in [6.07, 6.45) is 9.71. The molecule has 0 aromatic heterocycles. The second-order valence-electron chi connectivity index (χ2n) is 10.3. The normalized spacial score (nSPS) is 15.9. The molecule has 3 unspecified atom stereocenters. The summed E-state index contributed by atoms with van der Waals surface area (Å²) in [4.78, 5) is 0. The molecule has 0 aliphatic heterocycles. The molecule has 0 amide bonds. The van der Waals surface area contributed by atoms with Gasteiger partial charge in [0.25, 0.3) is 0 Å². The maximum absolute atomic E-state index is 6.64. The highest BCUT2D eigenvalue weighted by Gasteiger charge is 2.32. The van der Waals surface area contributed by atoms with Crippen LogP contribution in [-0.2, 0) is 35.4 Å². The van der Waals surface area contributed by atoms with Crippen LogP contribution in [0.2, 0.25) is 18.1 Å². The molecule has 15 heteroatoms. The summed E-state index contributed by atoms with van der Waals surface area (Å²) >= 11 is 55.3. The van der Waals surface area contributed by atoms with Gasteiger partial charge in [0.15, 0.2) is 0 Å². The van der Waals surface area contributed by atoms with Crippen LogP contribution in [0.3, 0.4) is 0 Å². The van der Waals surface area contributed by atoms with Crippen LogP contribution in [-0.4, -0.2) is 19.1 Å². The Morgan fingerprint density at radius 2 is 0.838 bits per heavy atom. The first kappa shape index (κ1) is 41.0. The van der Waals surface area contributed by atoms with E-state index in [4.69, 9.17) is 102 Å². The molecule has 218 valence electrons. The number of rotatable bonds is 25. The van der Waals surface area contributed by atoms with Gasteiger partial charge in [-0.3, -0.25) is 0 Å². The molecule has 0 fully saturated rings. The number of halogens is 6. The summed E-state index contributed by atoms with van der Waals surface area (Å²) in [5, 5.41) is 0. The Kier molecular flexibility index (Phi) is 25.8. The summed E-state index contributed by atoms with van der Waals surface area (Å²) in [5.41, 5.74) is 0. The minimum atomic E-state index is -2.39. The third kappa shape index (κ3) is 23.1. The van der Waals surface area contributed by atoms with Crippen LogP contribution >= 0.6 is 87.2 Å². The van der Waals surface area contributed by atoms with Crippen molar-refractivity contribution in [1.29, 1.82) is 0 Å². The largest absolute Gasteiger partial charge is 0.312 e. The van der Waals surface area contributed by atoms with E-state index >= 15 is 0 Å². The zero-order valence-corrected chi connectivity index (χ0v) is 34.8. The molecule has 0 aliphatic carbocycles. The van der Waals surface area contributed by atoms with Crippen molar-refractivity contribution in [2.24, 2.45) is 17.8 Å². The van der Waals surface area contributed by atoms with Gasteiger partial charge >= 0.3 is 19.1 Å². The SMILES string of the molecule is CCCCCCCC(CC[Si](Cl)(Cl)P=S)CC(CC[Si](Cl)(Cl)P=S)CC(CCCC)CC[Si](Cl)(Cl)P=S. The first-order valence-electron chi connectivity index (χ1n) is 13.5. The Morgan fingerprint density at radius 3 is 1.22 bits per heavy atom. The third-order valence-corrected chi connectivity index (χ3v) is 36.7. The molecule has 0 aromatic carbocycles. The van der Waals surface area contributed by atoms with E-state index in [9.17, 15) is 0 Å². The highest BCUT2D eigenvalue weighted by Crippen LogP contribution is 2.42. The monoisotopic (exact) mass is 790 g/mol. The first-order chi connectivity index (χ1) is 17.3. The van der Waals surface area contributed by atoms with E-state index in [1.165, 1.54) is 64.2 Å². The van der Waals surface area contributed by atoms with Gasteiger partial charge in [0.05, 0.1) is 0 Å². The van der Waals surface area contributed by atoms with Gasteiger partial charge < -0.3 is 0 Å². The van der Waals surface area contributed by atoms with Gasteiger partial charge in [-0.05, 0) is 88.7 Å². The molecule has 37 heavy (non-hydrogen) atoms. The van der Waals surface area contributed by atoms with E-state index < -0.39 is 19.1 Å². The van der Waals surface area contributed by atoms with Crippen molar-refractivity contribution in [3.63, 3.8) is 0 Å². The van der Waals surface area contributed by atoms with E-state index in [0.29, 0.717) is 17.8 Å². The van der Waals surface area contributed by atoms with E-state index in [-0.39, 0.29) is 0 Å². The van der Waals surface area contributed by atoms with Crippen molar-refractivity contribution in [2.75, 3.05) is 0 Å². The Balaban J connectivity index is 5.60. The summed E-state index contributed by atoms with van der Waals surface area (Å²) in [5.74, 6) is 1.75. The van der Waals surface area contributed by atoms with Crippen LogP contribution in [0.4, 0.5) is 0 Å². The van der Waals surface area contributed by atoms with Crippen LogP contribution < -0.4 is 0 Å². The van der Waals surface area contributed by atoms with Gasteiger partial charge in [-0.1, -0.05) is 107 Å². The van der Waals surface area contributed by atoms with Gasteiger partial charge in [-0.25, -0.2) is 0 Å².